The number of halogens is 1. The molecule has 2 aromatic heterocycles. The van der Waals surface area contributed by atoms with E-state index in [1.165, 1.54) is 23.5 Å². The van der Waals surface area contributed by atoms with Crippen LogP contribution in [0.5, 0.6) is 5.75 Å². The molecule has 0 fully saturated rings. The van der Waals surface area contributed by atoms with Gasteiger partial charge < -0.3 is 4.74 Å². The largest absolute Gasteiger partial charge is 0.494 e. The Balaban J connectivity index is 1.58. The molecule has 0 bridgehead atoms. The standard InChI is InChI=1S/C15H13FN2O2S/c16-11-2-4-12(5-3-11)20-8-1-7-18-10-17-14-13(15(18)19)6-9-21-14/h2-6,9-10H,1,7-8H2. The predicted molar refractivity (Wildman–Crippen MR) is 80.4 cm³/mol. The number of ether oxygens (including phenoxy) is 1. The molecule has 4 nitrogen and oxygen atoms in total. The van der Waals surface area contributed by atoms with Gasteiger partial charge in [0.25, 0.3) is 5.56 Å². The van der Waals surface area contributed by atoms with E-state index in [1.54, 1.807) is 29.1 Å². The highest BCUT2D eigenvalue weighted by atomic mass is 32.1. The molecule has 21 heavy (non-hydrogen) atoms. The highest BCUT2D eigenvalue weighted by molar-refractivity contribution is 7.16. The summed E-state index contributed by atoms with van der Waals surface area (Å²) in [6.45, 7) is 0.999. The topological polar surface area (TPSA) is 44.1 Å². The fraction of sp³-hybridized carbons (Fsp3) is 0.200. The number of hydrogen-bond acceptors (Lipinski definition) is 4. The van der Waals surface area contributed by atoms with E-state index in [0.717, 1.165) is 4.83 Å². The highest BCUT2D eigenvalue weighted by Crippen LogP contribution is 2.14. The average Bonchev–Trinajstić information content (AvgIpc) is 2.97. The van der Waals surface area contributed by atoms with Gasteiger partial charge in [-0.15, -0.1) is 11.3 Å². The summed E-state index contributed by atoms with van der Waals surface area (Å²) in [5.74, 6) is 0.333. The SMILES string of the molecule is O=c1c2ccsc2ncn1CCCOc1ccc(F)cc1. The normalized spacial score (nSPS) is 10.9. The highest BCUT2D eigenvalue weighted by Gasteiger charge is 2.04. The molecule has 0 aliphatic carbocycles. The van der Waals surface area contributed by atoms with Gasteiger partial charge in [0.05, 0.1) is 18.3 Å². The summed E-state index contributed by atoms with van der Waals surface area (Å²) >= 11 is 1.46. The second-order valence-electron chi connectivity index (χ2n) is 4.54. The van der Waals surface area contributed by atoms with Crippen LogP contribution in [0.4, 0.5) is 4.39 Å². The van der Waals surface area contributed by atoms with Crippen LogP contribution in [0.2, 0.25) is 0 Å². The van der Waals surface area contributed by atoms with E-state index in [0.29, 0.717) is 30.7 Å². The Hall–Kier alpha value is -2.21. The van der Waals surface area contributed by atoms with Crippen molar-refractivity contribution in [2.45, 2.75) is 13.0 Å². The molecule has 0 saturated heterocycles. The van der Waals surface area contributed by atoms with Crippen molar-refractivity contribution in [3.8, 4) is 5.75 Å². The smallest absolute Gasteiger partial charge is 0.262 e. The molecule has 0 amide bonds. The van der Waals surface area contributed by atoms with Crippen LogP contribution in [0.3, 0.4) is 0 Å². The molecule has 0 unspecified atom stereocenters. The molecule has 0 aliphatic rings. The van der Waals surface area contributed by atoms with Crippen LogP contribution in [0.25, 0.3) is 10.2 Å². The van der Waals surface area contributed by atoms with Crippen molar-refractivity contribution in [1.82, 2.24) is 9.55 Å². The van der Waals surface area contributed by atoms with Gasteiger partial charge in [0.2, 0.25) is 0 Å². The number of aryl methyl sites for hydroxylation is 1. The minimum atomic E-state index is -0.288. The van der Waals surface area contributed by atoms with Gasteiger partial charge in [-0.25, -0.2) is 9.37 Å². The summed E-state index contributed by atoms with van der Waals surface area (Å²) < 4.78 is 19.8. The lowest BCUT2D eigenvalue weighted by molar-refractivity contribution is 0.300. The van der Waals surface area contributed by atoms with Crippen LogP contribution in [-0.4, -0.2) is 16.2 Å². The van der Waals surface area contributed by atoms with Gasteiger partial charge in [0.1, 0.15) is 16.4 Å². The third kappa shape index (κ3) is 3.11. The van der Waals surface area contributed by atoms with Crippen molar-refractivity contribution in [1.29, 1.82) is 0 Å². The summed E-state index contributed by atoms with van der Waals surface area (Å²) in [4.78, 5) is 17.1. The predicted octanol–water partition coefficient (Wildman–Crippen LogP) is 3.07. The molecule has 0 saturated carbocycles. The van der Waals surface area contributed by atoms with E-state index in [9.17, 15) is 9.18 Å². The van der Waals surface area contributed by atoms with Crippen molar-refractivity contribution in [3.63, 3.8) is 0 Å². The molecular weight excluding hydrogens is 291 g/mol. The molecule has 108 valence electrons. The minimum Gasteiger partial charge on any atom is -0.494 e. The zero-order valence-corrected chi connectivity index (χ0v) is 12.0. The second-order valence-corrected chi connectivity index (χ2v) is 5.43. The number of hydrogen-bond donors (Lipinski definition) is 0. The van der Waals surface area contributed by atoms with Crippen LogP contribution < -0.4 is 10.3 Å². The molecule has 3 rings (SSSR count). The molecule has 6 heteroatoms. The monoisotopic (exact) mass is 304 g/mol. The Bertz CT molecular complexity index is 795. The molecule has 3 aromatic rings. The molecular formula is C15H13FN2O2S. The first-order chi connectivity index (χ1) is 10.2. The summed E-state index contributed by atoms with van der Waals surface area (Å²) in [6, 6.07) is 7.67. The number of aromatic nitrogens is 2. The Labute approximate surface area is 124 Å². The number of rotatable bonds is 5. The first-order valence-corrected chi connectivity index (χ1v) is 7.43. The van der Waals surface area contributed by atoms with Crippen molar-refractivity contribution < 1.29 is 9.13 Å². The third-order valence-corrected chi connectivity index (χ3v) is 3.90. The number of fused-ring (bicyclic) bond motifs is 1. The molecule has 0 aliphatic heterocycles. The summed E-state index contributed by atoms with van der Waals surface area (Å²) in [5, 5.41) is 2.52. The van der Waals surface area contributed by atoms with Crippen molar-refractivity contribution in [2.24, 2.45) is 0 Å². The van der Waals surface area contributed by atoms with Crippen molar-refractivity contribution in [3.05, 3.63) is 58.2 Å². The van der Waals surface area contributed by atoms with Crippen LogP contribution in [0.15, 0.2) is 46.8 Å². The summed E-state index contributed by atoms with van der Waals surface area (Å²) in [5.41, 5.74) is -0.0250. The number of benzene rings is 1. The Kier molecular flexibility index (Phi) is 3.96. The number of thiophene rings is 1. The van der Waals surface area contributed by atoms with Gasteiger partial charge in [0, 0.05) is 6.54 Å². The molecule has 0 radical (unpaired) electrons. The van der Waals surface area contributed by atoms with Gasteiger partial charge in [-0.2, -0.15) is 0 Å². The zero-order valence-electron chi connectivity index (χ0n) is 11.2. The van der Waals surface area contributed by atoms with E-state index in [4.69, 9.17) is 4.74 Å². The number of nitrogens with zero attached hydrogens (tertiary/aromatic N) is 2. The van der Waals surface area contributed by atoms with E-state index in [1.807, 2.05) is 5.38 Å². The van der Waals surface area contributed by atoms with Crippen LogP contribution in [0.1, 0.15) is 6.42 Å². The molecule has 1 aromatic carbocycles. The van der Waals surface area contributed by atoms with E-state index in [-0.39, 0.29) is 11.4 Å². The first-order valence-electron chi connectivity index (χ1n) is 6.55. The minimum absolute atomic E-state index is 0.0250. The van der Waals surface area contributed by atoms with E-state index < -0.39 is 0 Å². The van der Waals surface area contributed by atoms with Crippen LogP contribution in [0, 0.1) is 5.82 Å². The maximum Gasteiger partial charge on any atom is 0.262 e. The van der Waals surface area contributed by atoms with Crippen molar-refractivity contribution in [2.75, 3.05) is 6.61 Å². The third-order valence-electron chi connectivity index (χ3n) is 3.08. The van der Waals surface area contributed by atoms with Crippen LogP contribution >= 0.6 is 11.3 Å². The Morgan fingerprint density at radius 2 is 2.05 bits per heavy atom. The van der Waals surface area contributed by atoms with Gasteiger partial charge in [-0.3, -0.25) is 9.36 Å². The summed E-state index contributed by atoms with van der Waals surface area (Å²) in [6.07, 6.45) is 2.24. The maximum atomic E-state index is 12.7. The molecule has 0 atom stereocenters. The quantitative estimate of drug-likeness (QED) is 0.680. The van der Waals surface area contributed by atoms with Gasteiger partial charge >= 0.3 is 0 Å². The van der Waals surface area contributed by atoms with Crippen molar-refractivity contribution >= 4 is 21.6 Å². The Morgan fingerprint density at radius 1 is 1.24 bits per heavy atom. The van der Waals surface area contributed by atoms with Crippen LogP contribution in [-0.2, 0) is 6.54 Å². The van der Waals surface area contributed by atoms with E-state index >= 15 is 0 Å². The zero-order chi connectivity index (χ0) is 14.7. The fourth-order valence-electron chi connectivity index (χ4n) is 2.01. The lowest BCUT2D eigenvalue weighted by Gasteiger charge is -2.07. The molecule has 2 heterocycles. The van der Waals surface area contributed by atoms with E-state index in [2.05, 4.69) is 4.98 Å². The summed E-state index contributed by atoms with van der Waals surface area (Å²) in [7, 11) is 0. The van der Waals surface area contributed by atoms with Gasteiger partial charge in [-0.1, -0.05) is 0 Å². The lowest BCUT2D eigenvalue weighted by Crippen LogP contribution is -2.20. The molecule has 0 spiro atoms. The first kappa shape index (κ1) is 13.8. The second kappa shape index (κ2) is 6.05. The average molecular weight is 304 g/mol. The Morgan fingerprint density at radius 3 is 2.86 bits per heavy atom. The lowest BCUT2D eigenvalue weighted by atomic mass is 10.3. The maximum absolute atomic E-state index is 12.7. The fourth-order valence-corrected chi connectivity index (χ4v) is 2.73. The molecule has 0 N–H and O–H groups in total. The van der Waals surface area contributed by atoms with Gasteiger partial charge in [-0.05, 0) is 42.1 Å². The van der Waals surface area contributed by atoms with Gasteiger partial charge in [0.15, 0.2) is 0 Å².